The van der Waals surface area contributed by atoms with E-state index < -0.39 is 115 Å². The first-order chi connectivity index (χ1) is 24.7. The van der Waals surface area contributed by atoms with Crippen molar-refractivity contribution in [2.45, 2.75) is 123 Å². The monoisotopic (exact) mass is 754 g/mol. The second-order valence-electron chi connectivity index (χ2n) is 14.3. The van der Waals surface area contributed by atoms with Crippen LogP contribution in [-0.2, 0) is 43.2 Å². The van der Waals surface area contributed by atoms with E-state index in [9.17, 15) is 53.4 Å². The van der Waals surface area contributed by atoms with E-state index in [2.05, 4.69) is 31.9 Å². The first-order valence-corrected chi connectivity index (χ1v) is 17.9. The highest BCUT2D eigenvalue weighted by Gasteiger charge is 2.40. The third-order valence-electron chi connectivity index (χ3n) is 8.65. The Morgan fingerprint density at radius 3 is 1.87 bits per heavy atom. The van der Waals surface area contributed by atoms with Gasteiger partial charge in [-0.15, -0.1) is 0 Å². The number of nitrogens with two attached hydrogens (primary N) is 1. The van der Waals surface area contributed by atoms with Gasteiger partial charge in [-0.05, 0) is 50.4 Å². The van der Waals surface area contributed by atoms with Gasteiger partial charge in [-0.25, -0.2) is 4.79 Å². The zero-order valence-electron chi connectivity index (χ0n) is 31.7. The smallest absolute Gasteiger partial charge is 0.326 e. The maximum absolute atomic E-state index is 13.6. The molecule has 0 saturated carbocycles. The van der Waals surface area contributed by atoms with Gasteiger partial charge in [-0.2, -0.15) is 0 Å². The van der Waals surface area contributed by atoms with Crippen LogP contribution in [0.25, 0.3) is 0 Å². The molecule has 1 aliphatic rings. The zero-order valence-corrected chi connectivity index (χ0v) is 31.7. The molecule has 1 fully saturated rings. The lowest BCUT2D eigenvalue weighted by molar-refractivity contribution is -0.148. The van der Waals surface area contributed by atoms with Crippen LogP contribution in [0.3, 0.4) is 0 Å². The molecule has 0 aromatic rings. The van der Waals surface area contributed by atoms with Gasteiger partial charge in [0.2, 0.25) is 41.4 Å². The summed E-state index contributed by atoms with van der Waals surface area (Å²) in [6.07, 6.45) is 0.686. The van der Waals surface area contributed by atoms with Gasteiger partial charge in [0, 0.05) is 6.54 Å². The van der Waals surface area contributed by atoms with Crippen molar-refractivity contribution in [1.29, 1.82) is 0 Å². The third-order valence-corrected chi connectivity index (χ3v) is 8.65. The lowest BCUT2D eigenvalue weighted by Gasteiger charge is -2.30. The van der Waals surface area contributed by atoms with E-state index in [0.29, 0.717) is 19.3 Å². The quantitative estimate of drug-likeness (QED) is 0.0591. The van der Waals surface area contributed by atoms with Crippen molar-refractivity contribution in [3.8, 4) is 0 Å². The van der Waals surface area contributed by atoms with Crippen molar-refractivity contribution in [2.24, 2.45) is 23.5 Å². The molecule has 0 bridgehead atoms. The minimum atomic E-state index is -1.62. The lowest BCUT2D eigenvalue weighted by atomic mass is 9.98. The standard InChI is InChI=1S/C34H58N8O11/c1-8-19(6)28(34(52)53)41-32(50)24-10-9-11-42(24)33(51)23(14-27(45)46)40-31(49)22(13-18(4)5)39-29(47)20(7)38-26(44)16-36-25(43)15-37-30(48)21(35)12-17(2)3/h17-24,28H,8-16,35H2,1-7H3,(H,36,43)(H,37,48)(H,38,44)(H,39,47)(H,40,49)(H,41,50)(H,45,46)(H,52,53)/t19-,20-,21-,22-,23-,24-,28-/m0/s1. The molecule has 53 heavy (non-hydrogen) atoms. The molecule has 300 valence electrons. The highest BCUT2D eigenvalue weighted by atomic mass is 16.4. The number of amides is 7. The van der Waals surface area contributed by atoms with E-state index in [4.69, 9.17) is 5.73 Å². The van der Waals surface area contributed by atoms with E-state index in [0.717, 1.165) is 4.90 Å². The number of carboxylic acid groups (broad SMARTS) is 2. The van der Waals surface area contributed by atoms with Crippen molar-refractivity contribution in [2.75, 3.05) is 19.6 Å². The number of carboxylic acids is 2. The fourth-order valence-corrected chi connectivity index (χ4v) is 5.60. The molecule has 7 atom stereocenters. The van der Waals surface area contributed by atoms with Gasteiger partial charge in [0.1, 0.15) is 30.2 Å². The van der Waals surface area contributed by atoms with Crippen molar-refractivity contribution in [3.63, 3.8) is 0 Å². The van der Waals surface area contributed by atoms with E-state index in [1.54, 1.807) is 27.7 Å². The molecule has 10 N–H and O–H groups in total. The predicted molar refractivity (Wildman–Crippen MR) is 190 cm³/mol. The lowest BCUT2D eigenvalue weighted by Crippen LogP contribution is -2.59. The number of hydrogen-bond donors (Lipinski definition) is 9. The first kappa shape index (κ1) is 46.2. The number of nitrogens with zero attached hydrogens (tertiary/aromatic N) is 1. The van der Waals surface area contributed by atoms with E-state index in [-0.39, 0.29) is 31.2 Å². The summed E-state index contributed by atoms with van der Waals surface area (Å²) in [6.45, 7) is 11.2. The second kappa shape index (κ2) is 22.3. The molecule has 1 rings (SSSR count). The van der Waals surface area contributed by atoms with Gasteiger partial charge in [0.25, 0.3) is 0 Å². The van der Waals surface area contributed by atoms with Crippen LogP contribution < -0.4 is 37.6 Å². The van der Waals surface area contributed by atoms with Crippen molar-refractivity contribution < 1.29 is 53.4 Å². The molecule has 1 aliphatic heterocycles. The summed E-state index contributed by atoms with van der Waals surface area (Å²) in [4.78, 5) is 115. The molecule has 0 aliphatic carbocycles. The van der Waals surface area contributed by atoms with Gasteiger partial charge in [0.15, 0.2) is 0 Å². The summed E-state index contributed by atoms with van der Waals surface area (Å²) < 4.78 is 0. The van der Waals surface area contributed by atoms with Crippen molar-refractivity contribution in [1.82, 2.24) is 36.8 Å². The highest BCUT2D eigenvalue weighted by Crippen LogP contribution is 2.21. The van der Waals surface area contributed by atoms with Gasteiger partial charge < -0.3 is 52.7 Å². The SMILES string of the molecule is CC[C@H](C)[C@H](NC(=O)[C@@H]1CCCN1C(=O)[C@H](CC(=O)O)NC(=O)[C@H](CC(C)C)NC(=O)[C@H](C)NC(=O)CNC(=O)CNC(=O)[C@@H](N)CC(C)C)C(=O)O. The Morgan fingerprint density at radius 2 is 1.32 bits per heavy atom. The zero-order chi connectivity index (χ0) is 40.6. The Kier molecular flexibility index (Phi) is 19.4. The summed E-state index contributed by atoms with van der Waals surface area (Å²) in [5.41, 5.74) is 5.78. The summed E-state index contributed by atoms with van der Waals surface area (Å²) in [7, 11) is 0. The van der Waals surface area contributed by atoms with Gasteiger partial charge >= 0.3 is 11.9 Å². The largest absolute Gasteiger partial charge is 0.481 e. The normalized spacial score (nSPS) is 17.4. The van der Waals surface area contributed by atoms with Gasteiger partial charge in [-0.1, -0.05) is 48.0 Å². The number of carbonyl (C=O) groups is 9. The van der Waals surface area contributed by atoms with Crippen LogP contribution in [-0.4, -0.2) is 124 Å². The maximum atomic E-state index is 13.6. The summed E-state index contributed by atoms with van der Waals surface area (Å²) >= 11 is 0. The van der Waals surface area contributed by atoms with E-state index >= 15 is 0 Å². The molecule has 0 radical (unpaired) electrons. The van der Waals surface area contributed by atoms with Crippen LogP contribution in [0.5, 0.6) is 0 Å². The molecule has 19 nitrogen and oxygen atoms in total. The number of hydrogen-bond acceptors (Lipinski definition) is 10. The molecule has 0 aromatic carbocycles. The molecule has 1 saturated heterocycles. The first-order valence-electron chi connectivity index (χ1n) is 17.9. The summed E-state index contributed by atoms with van der Waals surface area (Å²) in [5.74, 6) is -8.22. The van der Waals surface area contributed by atoms with Crippen LogP contribution in [0.1, 0.15) is 87.0 Å². The predicted octanol–water partition coefficient (Wildman–Crippen LogP) is -1.81. The minimum Gasteiger partial charge on any atom is -0.481 e. The third kappa shape index (κ3) is 16.2. The van der Waals surface area contributed by atoms with Gasteiger partial charge in [0.05, 0.1) is 25.6 Å². The van der Waals surface area contributed by atoms with Crippen molar-refractivity contribution >= 4 is 53.3 Å². The molecule has 7 amide bonds. The van der Waals surface area contributed by atoms with Crippen LogP contribution in [0, 0.1) is 17.8 Å². The van der Waals surface area contributed by atoms with E-state index in [1.165, 1.54) is 6.92 Å². The fraction of sp³-hybridized carbons (Fsp3) is 0.735. The molecular weight excluding hydrogens is 696 g/mol. The Hall–Kier alpha value is -4.81. The Bertz CT molecular complexity index is 1340. The van der Waals surface area contributed by atoms with E-state index in [1.807, 2.05) is 13.8 Å². The molecule has 0 unspecified atom stereocenters. The number of aliphatic carboxylic acids is 2. The van der Waals surface area contributed by atoms with Crippen molar-refractivity contribution in [3.05, 3.63) is 0 Å². The summed E-state index contributed by atoms with van der Waals surface area (Å²) in [5, 5.41) is 33.7. The van der Waals surface area contributed by atoms with Crippen LogP contribution in [0.4, 0.5) is 0 Å². The average molecular weight is 755 g/mol. The molecule has 0 spiro atoms. The second-order valence-corrected chi connectivity index (χ2v) is 14.3. The maximum Gasteiger partial charge on any atom is 0.326 e. The number of likely N-dealkylation sites (tertiary alicyclic amines) is 1. The molecule has 1 heterocycles. The summed E-state index contributed by atoms with van der Waals surface area (Å²) in [6, 6.07) is -7.16. The number of nitrogens with one attached hydrogen (secondary N) is 6. The fourth-order valence-electron chi connectivity index (χ4n) is 5.60. The average Bonchev–Trinajstić information content (AvgIpc) is 3.56. The number of carbonyl (C=O) groups excluding carboxylic acids is 7. The molecular formula is C34H58N8O11. The topological polar surface area (TPSA) is 296 Å². The highest BCUT2D eigenvalue weighted by molar-refractivity contribution is 5.98. The Labute approximate surface area is 309 Å². The minimum absolute atomic E-state index is 0.0644. The number of rotatable bonds is 22. The Morgan fingerprint density at radius 1 is 0.736 bits per heavy atom. The van der Waals surface area contributed by atoms with Crippen LogP contribution in [0.15, 0.2) is 0 Å². The van der Waals surface area contributed by atoms with Crippen LogP contribution >= 0.6 is 0 Å². The van der Waals surface area contributed by atoms with Crippen LogP contribution in [0.2, 0.25) is 0 Å². The molecule has 0 aromatic heterocycles. The Balaban J connectivity index is 2.92. The van der Waals surface area contributed by atoms with Gasteiger partial charge in [-0.3, -0.25) is 38.4 Å². The molecule has 19 heteroatoms.